The van der Waals surface area contributed by atoms with E-state index >= 15 is 0 Å². The van der Waals surface area contributed by atoms with Crippen LogP contribution in [0.15, 0.2) is 30.3 Å². The van der Waals surface area contributed by atoms with Gasteiger partial charge in [0.25, 0.3) is 0 Å². The second-order valence-electron chi connectivity index (χ2n) is 4.30. The summed E-state index contributed by atoms with van der Waals surface area (Å²) in [4.78, 5) is 24.9. The maximum atomic E-state index is 11.9. The van der Waals surface area contributed by atoms with Crippen LogP contribution >= 0.6 is 0 Å². The molecule has 1 aromatic rings. The van der Waals surface area contributed by atoms with E-state index in [0.29, 0.717) is 12.8 Å². The van der Waals surface area contributed by atoms with Gasteiger partial charge in [-0.3, -0.25) is 9.59 Å². The van der Waals surface area contributed by atoms with Crippen LogP contribution in [0.5, 0.6) is 0 Å². The van der Waals surface area contributed by atoms with Gasteiger partial charge in [-0.15, -0.1) is 0 Å². The first-order valence-corrected chi connectivity index (χ1v) is 6.11. The first kappa shape index (κ1) is 12.7. The Morgan fingerprint density at radius 2 is 2.11 bits per heavy atom. The van der Waals surface area contributed by atoms with E-state index in [-0.39, 0.29) is 11.9 Å². The molecule has 1 aliphatic rings. The fraction of sp³-hybridized carbons (Fsp3) is 0.385. The lowest BCUT2D eigenvalue weighted by atomic mass is 10.0. The van der Waals surface area contributed by atoms with Crippen LogP contribution in [0.2, 0.25) is 0 Å². The molecule has 0 N–H and O–H groups in total. The summed E-state index contributed by atoms with van der Waals surface area (Å²) in [6.45, 7) is 1.93. The highest BCUT2D eigenvalue weighted by Crippen LogP contribution is 2.16. The van der Waals surface area contributed by atoms with Gasteiger partial charge in [0, 0.05) is 12.8 Å². The highest BCUT2D eigenvalue weighted by atomic mass is 16.5. The molecular weight excluding hydrogens is 229 g/mol. The number of amides is 1. The first-order chi connectivity index (χ1) is 8.72. The SMILES string of the molecule is CCCC(=O)N1[B]OC(=O)[C@@H]1Cc1ccccc1. The van der Waals surface area contributed by atoms with Crippen molar-refractivity contribution in [1.82, 2.24) is 4.81 Å². The molecule has 4 nitrogen and oxygen atoms in total. The maximum absolute atomic E-state index is 11.9. The van der Waals surface area contributed by atoms with E-state index in [9.17, 15) is 9.59 Å². The standard InChI is InChI=1S/C13H15BNO3/c1-2-6-12(16)15-11(13(17)18-14-15)9-10-7-4-3-5-8-10/h3-5,7-8,11H,2,6,9H2,1H3/t11-/m0/s1. The number of nitrogens with zero attached hydrogens (tertiary/aromatic N) is 1. The van der Waals surface area contributed by atoms with Crippen LogP contribution in [0.25, 0.3) is 0 Å². The number of carbonyl (C=O) groups is 2. The van der Waals surface area contributed by atoms with Gasteiger partial charge in [0.1, 0.15) is 6.04 Å². The molecule has 1 aliphatic heterocycles. The smallest absolute Gasteiger partial charge is 0.515 e. The monoisotopic (exact) mass is 244 g/mol. The van der Waals surface area contributed by atoms with Crippen molar-refractivity contribution in [2.24, 2.45) is 0 Å². The Morgan fingerprint density at radius 1 is 1.39 bits per heavy atom. The van der Waals surface area contributed by atoms with Crippen LogP contribution in [-0.4, -0.2) is 30.3 Å². The molecular formula is C13H15BNO3. The summed E-state index contributed by atoms with van der Waals surface area (Å²) in [5.41, 5.74) is 1.02. The van der Waals surface area contributed by atoms with Crippen LogP contribution in [0, 0.1) is 0 Å². The van der Waals surface area contributed by atoms with Gasteiger partial charge in [0.05, 0.1) is 0 Å². The Hall–Kier alpha value is -1.78. The summed E-state index contributed by atoms with van der Waals surface area (Å²) in [5, 5.41) is 0. The van der Waals surface area contributed by atoms with Gasteiger partial charge < -0.3 is 9.47 Å². The molecule has 1 fully saturated rings. The molecule has 93 valence electrons. The number of benzene rings is 1. The minimum absolute atomic E-state index is 0.0655. The molecule has 1 heterocycles. The second kappa shape index (κ2) is 5.71. The summed E-state index contributed by atoms with van der Waals surface area (Å²) in [6, 6.07) is 9.10. The van der Waals surface area contributed by atoms with Crippen molar-refractivity contribution >= 4 is 19.5 Å². The summed E-state index contributed by atoms with van der Waals surface area (Å²) in [7, 11) is 1.24. The molecule has 1 saturated heterocycles. The van der Waals surface area contributed by atoms with Gasteiger partial charge in [-0.2, -0.15) is 0 Å². The van der Waals surface area contributed by atoms with Crippen molar-refractivity contribution in [3.8, 4) is 0 Å². The van der Waals surface area contributed by atoms with E-state index in [2.05, 4.69) is 0 Å². The third-order valence-electron chi connectivity index (χ3n) is 2.91. The molecule has 0 aliphatic carbocycles. The second-order valence-corrected chi connectivity index (χ2v) is 4.30. The molecule has 1 radical (unpaired) electrons. The van der Waals surface area contributed by atoms with E-state index in [1.807, 2.05) is 37.3 Å². The predicted octanol–water partition coefficient (Wildman–Crippen LogP) is 1.32. The number of carbonyl (C=O) groups excluding carboxylic acids is 2. The summed E-state index contributed by atoms with van der Waals surface area (Å²) in [6.07, 6.45) is 1.68. The van der Waals surface area contributed by atoms with E-state index in [0.717, 1.165) is 12.0 Å². The Kier molecular flexibility index (Phi) is 4.02. The van der Waals surface area contributed by atoms with Gasteiger partial charge >= 0.3 is 13.6 Å². The maximum Gasteiger partial charge on any atom is 0.526 e. The molecule has 0 unspecified atom stereocenters. The molecule has 1 amide bonds. The zero-order valence-corrected chi connectivity index (χ0v) is 10.3. The number of hydrogen-bond acceptors (Lipinski definition) is 3. The Labute approximate surface area is 107 Å². The summed E-state index contributed by atoms with van der Waals surface area (Å²) in [5.74, 6) is -0.424. The molecule has 0 saturated carbocycles. The molecule has 2 rings (SSSR count). The molecule has 1 atom stereocenters. The van der Waals surface area contributed by atoms with Gasteiger partial charge in [0.15, 0.2) is 0 Å². The average Bonchev–Trinajstić information content (AvgIpc) is 2.73. The van der Waals surface area contributed by atoms with Crippen LogP contribution < -0.4 is 0 Å². The summed E-state index contributed by atoms with van der Waals surface area (Å²) >= 11 is 0. The molecule has 5 heteroatoms. The van der Waals surface area contributed by atoms with E-state index < -0.39 is 6.04 Å². The Bertz CT molecular complexity index is 435. The van der Waals surface area contributed by atoms with Gasteiger partial charge in [-0.1, -0.05) is 37.3 Å². The zero-order chi connectivity index (χ0) is 13.0. The van der Waals surface area contributed by atoms with Crippen molar-refractivity contribution in [2.75, 3.05) is 0 Å². The lowest BCUT2D eigenvalue weighted by Gasteiger charge is -2.19. The lowest BCUT2D eigenvalue weighted by molar-refractivity contribution is -0.138. The van der Waals surface area contributed by atoms with Gasteiger partial charge in [0.2, 0.25) is 5.91 Å². The topological polar surface area (TPSA) is 46.6 Å². The highest BCUT2D eigenvalue weighted by molar-refractivity contribution is 6.36. The minimum atomic E-state index is -0.522. The van der Waals surface area contributed by atoms with Crippen molar-refractivity contribution in [1.29, 1.82) is 0 Å². The molecule has 0 aromatic heterocycles. The minimum Gasteiger partial charge on any atom is -0.515 e. The number of rotatable bonds is 4. The fourth-order valence-corrected chi connectivity index (χ4v) is 1.97. The van der Waals surface area contributed by atoms with Crippen molar-refractivity contribution < 1.29 is 14.2 Å². The lowest BCUT2D eigenvalue weighted by Crippen LogP contribution is -2.40. The van der Waals surface area contributed by atoms with Crippen molar-refractivity contribution in [3.63, 3.8) is 0 Å². The molecule has 1 aromatic carbocycles. The van der Waals surface area contributed by atoms with Crippen molar-refractivity contribution in [2.45, 2.75) is 32.2 Å². The van der Waals surface area contributed by atoms with E-state index in [1.54, 1.807) is 0 Å². The van der Waals surface area contributed by atoms with E-state index in [4.69, 9.17) is 4.65 Å². The fourth-order valence-electron chi connectivity index (χ4n) is 1.97. The largest absolute Gasteiger partial charge is 0.526 e. The van der Waals surface area contributed by atoms with Crippen LogP contribution in [0.4, 0.5) is 0 Å². The van der Waals surface area contributed by atoms with Gasteiger partial charge in [-0.05, 0) is 12.0 Å². The van der Waals surface area contributed by atoms with Crippen molar-refractivity contribution in [3.05, 3.63) is 35.9 Å². The summed E-state index contributed by atoms with van der Waals surface area (Å²) < 4.78 is 4.86. The number of hydrogen-bond donors (Lipinski definition) is 0. The predicted molar refractivity (Wildman–Crippen MR) is 67.5 cm³/mol. The molecule has 0 spiro atoms. The van der Waals surface area contributed by atoms with Gasteiger partial charge in [-0.25, -0.2) is 0 Å². The third-order valence-corrected chi connectivity index (χ3v) is 2.91. The van der Waals surface area contributed by atoms with Crippen LogP contribution in [-0.2, 0) is 20.7 Å². The Balaban J connectivity index is 2.08. The molecule has 0 bridgehead atoms. The first-order valence-electron chi connectivity index (χ1n) is 6.11. The van der Waals surface area contributed by atoms with E-state index in [1.165, 1.54) is 12.4 Å². The van der Waals surface area contributed by atoms with Crippen LogP contribution in [0.1, 0.15) is 25.3 Å². The Morgan fingerprint density at radius 3 is 2.78 bits per heavy atom. The quantitative estimate of drug-likeness (QED) is 0.750. The highest BCUT2D eigenvalue weighted by Gasteiger charge is 2.39. The zero-order valence-electron chi connectivity index (χ0n) is 10.3. The average molecular weight is 244 g/mol. The third kappa shape index (κ3) is 2.72. The normalized spacial score (nSPS) is 18.4. The molecule has 18 heavy (non-hydrogen) atoms. The van der Waals surface area contributed by atoms with Crippen LogP contribution in [0.3, 0.4) is 0 Å².